The maximum absolute atomic E-state index is 6.04. The van der Waals surface area contributed by atoms with Crippen LogP contribution in [-0.2, 0) is 6.61 Å². The van der Waals surface area contributed by atoms with Crippen LogP contribution in [0, 0.1) is 6.92 Å². The third-order valence-corrected chi connectivity index (χ3v) is 4.11. The first kappa shape index (κ1) is 13.7. The third kappa shape index (κ3) is 2.92. The number of anilines is 1. The molecule has 0 amide bonds. The van der Waals surface area contributed by atoms with E-state index in [1.54, 1.807) is 18.4 Å². The van der Waals surface area contributed by atoms with Crippen molar-refractivity contribution in [2.24, 2.45) is 0 Å². The normalized spacial score (nSPS) is 10.8. The monoisotopic (exact) mass is 300 g/mol. The van der Waals surface area contributed by atoms with E-state index in [1.807, 2.05) is 43.3 Å². The Morgan fingerprint density at radius 2 is 1.95 bits per heavy atom. The zero-order chi connectivity index (χ0) is 14.8. The lowest BCUT2D eigenvalue weighted by atomic mass is 10.2. The molecule has 0 saturated heterocycles. The average Bonchev–Trinajstić information content (AvgIpc) is 2.84. The molecule has 0 radical (unpaired) electrons. The molecule has 0 fully saturated rings. The number of thiazole rings is 1. The number of aromatic nitrogens is 1. The number of nitrogen functional groups attached to an aromatic ring is 1. The zero-order valence-electron chi connectivity index (χ0n) is 11.9. The van der Waals surface area contributed by atoms with Crippen LogP contribution in [0.5, 0.6) is 11.5 Å². The van der Waals surface area contributed by atoms with Crippen molar-refractivity contribution in [3.05, 3.63) is 47.0 Å². The molecule has 0 unspecified atom stereocenters. The maximum atomic E-state index is 6.04. The highest BCUT2D eigenvalue weighted by Gasteiger charge is 2.07. The molecule has 21 heavy (non-hydrogen) atoms. The second-order valence-electron chi connectivity index (χ2n) is 4.73. The van der Waals surface area contributed by atoms with E-state index in [9.17, 15) is 0 Å². The number of hydrogen-bond donors (Lipinski definition) is 1. The van der Waals surface area contributed by atoms with Crippen molar-refractivity contribution in [1.29, 1.82) is 0 Å². The maximum Gasteiger partial charge on any atom is 0.144 e. The van der Waals surface area contributed by atoms with Gasteiger partial charge in [0.2, 0.25) is 0 Å². The molecule has 3 aromatic rings. The lowest BCUT2D eigenvalue weighted by Crippen LogP contribution is -1.98. The fourth-order valence-electron chi connectivity index (χ4n) is 2.09. The molecule has 0 atom stereocenters. The molecule has 4 nitrogen and oxygen atoms in total. The topological polar surface area (TPSA) is 57.4 Å². The van der Waals surface area contributed by atoms with Gasteiger partial charge in [-0.1, -0.05) is 12.1 Å². The van der Waals surface area contributed by atoms with Gasteiger partial charge in [-0.3, -0.25) is 0 Å². The van der Waals surface area contributed by atoms with E-state index in [0.717, 1.165) is 26.5 Å². The van der Waals surface area contributed by atoms with E-state index in [1.165, 1.54) is 0 Å². The van der Waals surface area contributed by atoms with Crippen molar-refractivity contribution in [2.45, 2.75) is 13.5 Å². The highest BCUT2D eigenvalue weighted by Crippen LogP contribution is 2.31. The molecule has 108 valence electrons. The molecule has 0 bridgehead atoms. The Morgan fingerprint density at radius 1 is 1.19 bits per heavy atom. The Kier molecular flexibility index (Phi) is 3.66. The van der Waals surface area contributed by atoms with Crippen LogP contribution >= 0.6 is 11.3 Å². The summed E-state index contributed by atoms with van der Waals surface area (Å²) in [6.45, 7) is 2.45. The number of aryl methyl sites for hydroxylation is 1. The number of fused-ring (bicyclic) bond motifs is 1. The van der Waals surface area contributed by atoms with Gasteiger partial charge in [0.25, 0.3) is 0 Å². The minimum absolute atomic E-state index is 0.461. The first-order chi connectivity index (χ1) is 10.2. The van der Waals surface area contributed by atoms with Crippen LogP contribution in [0.25, 0.3) is 10.2 Å². The second-order valence-corrected chi connectivity index (χ2v) is 5.96. The molecule has 1 heterocycles. The molecule has 2 N–H and O–H groups in total. The Labute approximate surface area is 127 Å². The fraction of sp³-hybridized carbons (Fsp3) is 0.188. The second kappa shape index (κ2) is 5.61. The summed E-state index contributed by atoms with van der Waals surface area (Å²) in [5.74, 6) is 1.50. The molecule has 1 aromatic heterocycles. The summed E-state index contributed by atoms with van der Waals surface area (Å²) >= 11 is 1.63. The van der Waals surface area contributed by atoms with E-state index in [0.29, 0.717) is 18.0 Å². The summed E-state index contributed by atoms with van der Waals surface area (Å²) in [6, 6.07) is 11.6. The van der Waals surface area contributed by atoms with Crippen LogP contribution in [0.2, 0.25) is 0 Å². The van der Waals surface area contributed by atoms with E-state index in [2.05, 4.69) is 4.98 Å². The number of nitrogens with zero attached hydrogens (tertiary/aromatic N) is 1. The molecule has 2 aromatic carbocycles. The Balaban J connectivity index is 1.78. The lowest BCUT2D eigenvalue weighted by Gasteiger charge is -2.09. The van der Waals surface area contributed by atoms with Gasteiger partial charge in [-0.25, -0.2) is 4.98 Å². The minimum atomic E-state index is 0.461. The molecular formula is C16H16N2O2S. The first-order valence-corrected chi connectivity index (χ1v) is 7.40. The first-order valence-electron chi connectivity index (χ1n) is 6.58. The van der Waals surface area contributed by atoms with Crippen LogP contribution in [0.4, 0.5) is 5.69 Å². The van der Waals surface area contributed by atoms with Gasteiger partial charge >= 0.3 is 0 Å². The van der Waals surface area contributed by atoms with Gasteiger partial charge in [-0.2, -0.15) is 0 Å². The fourth-order valence-corrected chi connectivity index (χ4v) is 2.95. The quantitative estimate of drug-likeness (QED) is 0.745. The molecule has 5 heteroatoms. The van der Waals surface area contributed by atoms with Crippen LogP contribution < -0.4 is 15.2 Å². The van der Waals surface area contributed by atoms with Crippen LogP contribution in [0.15, 0.2) is 36.4 Å². The highest BCUT2D eigenvalue weighted by atomic mass is 32.1. The van der Waals surface area contributed by atoms with Crippen LogP contribution in [-0.4, -0.2) is 12.1 Å². The number of methoxy groups -OCH3 is 1. The molecular weight excluding hydrogens is 284 g/mol. The van der Waals surface area contributed by atoms with E-state index in [-0.39, 0.29) is 0 Å². The highest BCUT2D eigenvalue weighted by molar-refractivity contribution is 7.18. The van der Waals surface area contributed by atoms with Gasteiger partial charge in [0, 0.05) is 6.07 Å². The van der Waals surface area contributed by atoms with Gasteiger partial charge < -0.3 is 15.2 Å². The molecule has 3 rings (SSSR count). The van der Waals surface area contributed by atoms with Gasteiger partial charge in [-0.15, -0.1) is 11.3 Å². The average molecular weight is 300 g/mol. The van der Waals surface area contributed by atoms with Crippen molar-refractivity contribution in [3.63, 3.8) is 0 Å². The van der Waals surface area contributed by atoms with Crippen molar-refractivity contribution >= 4 is 27.2 Å². The van der Waals surface area contributed by atoms with Gasteiger partial charge in [0.05, 0.1) is 28.0 Å². The number of benzene rings is 2. The summed E-state index contributed by atoms with van der Waals surface area (Å²) in [5.41, 5.74) is 8.67. The van der Waals surface area contributed by atoms with Crippen molar-refractivity contribution in [1.82, 2.24) is 4.98 Å². The van der Waals surface area contributed by atoms with E-state index >= 15 is 0 Å². The molecule has 0 aliphatic rings. The van der Waals surface area contributed by atoms with Gasteiger partial charge in [0.15, 0.2) is 0 Å². The summed E-state index contributed by atoms with van der Waals surface area (Å²) in [6.07, 6.45) is 0. The predicted octanol–water partition coefficient (Wildman–Crippen LogP) is 3.77. The predicted molar refractivity (Wildman–Crippen MR) is 86.1 cm³/mol. The van der Waals surface area contributed by atoms with E-state index in [4.69, 9.17) is 15.2 Å². The van der Waals surface area contributed by atoms with Gasteiger partial charge in [0.1, 0.15) is 18.1 Å². The van der Waals surface area contributed by atoms with E-state index < -0.39 is 0 Å². The number of ether oxygens (including phenoxy) is 2. The van der Waals surface area contributed by atoms with Gasteiger partial charge in [-0.05, 0) is 30.7 Å². The summed E-state index contributed by atoms with van der Waals surface area (Å²) in [5, 5.41) is 1.02. The Hall–Kier alpha value is -2.27. The third-order valence-electron chi connectivity index (χ3n) is 3.18. The molecule has 0 saturated carbocycles. The summed E-state index contributed by atoms with van der Waals surface area (Å²) < 4.78 is 12.0. The summed E-state index contributed by atoms with van der Waals surface area (Å²) in [4.78, 5) is 4.46. The number of rotatable bonds is 4. The SMILES string of the molecule is COc1ccc(COc2cc3nc(C)sc3cc2N)cc1. The van der Waals surface area contributed by atoms with Crippen LogP contribution in [0.1, 0.15) is 10.6 Å². The smallest absolute Gasteiger partial charge is 0.144 e. The minimum Gasteiger partial charge on any atom is -0.497 e. The van der Waals surface area contributed by atoms with Crippen molar-refractivity contribution in [3.8, 4) is 11.5 Å². The lowest BCUT2D eigenvalue weighted by molar-refractivity contribution is 0.308. The molecule has 0 spiro atoms. The number of nitrogens with two attached hydrogens (primary N) is 1. The Bertz CT molecular complexity index is 766. The Morgan fingerprint density at radius 3 is 2.67 bits per heavy atom. The van der Waals surface area contributed by atoms with Crippen LogP contribution in [0.3, 0.4) is 0 Å². The zero-order valence-corrected chi connectivity index (χ0v) is 12.7. The summed E-state index contributed by atoms with van der Waals surface area (Å²) in [7, 11) is 1.65. The molecule has 0 aliphatic carbocycles. The standard InChI is InChI=1S/C16H16N2O2S/c1-10-18-14-8-15(13(17)7-16(14)21-10)20-9-11-3-5-12(19-2)6-4-11/h3-8H,9,17H2,1-2H3. The largest absolute Gasteiger partial charge is 0.497 e. The molecule has 0 aliphatic heterocycles. The number of hydrogen-bond acceptors (Lipinski definition) is 5. The van der Waals surface area contributed by atoms with Crippen molar-refractivity contribution < 1.29 is 9.47 Å². The van der Waals surface area contributed by atoms with Crippen molar-refractivity contribution in [2.75, 3.05) is 12.8 Å².